The summed E-state index contributed by atoms with van der Waals surface area (Å²) in [6.07, 6.45) is -0.373. The van der Waals surface area contributed by atoms with Gasteiger partial charge in [-0.1, -0.05) is 32.9 Å². The van der Waals surface area contributed by atoms with E-state index in [-0.39, 0.29) is 11.7 Å². The largest absolute Gasteiger partial charge is 0.573 e. The lowest BCUT2D eigenvalue weighted by Gasteiger charge is -2.32. The van der Waals surface area contributed by atoms with Crippen LogP contribution >= 0.6 is 0 Å². The lowest BCUT2D eigenvalue weighted by atomic mass is 9.99. The molecule has 0 radical (unpaired) electrons. The van der Waals surface area contributed by atoms with Gasteiger partial charge in [-0.15, -0.1) is 13.2 Å². The van der Waals surface area contributed by atoms with Gasteiger partial charge in [0.05, 0.1) is 18.5 Å². The Labute approximate surface area is 202 Å². The molecule has 4 heterocycles. The van der Waals surface area contributed by atoms with E-state index in [2.05, 4.69) is 16.6 Å². The molecule has 0 N–H and O–H groups in total. The highest BCUT2D eigenvalue weighted by Gasteiger charge is 2.35. The second kappa shape index (κ2) is 9.85. The van der Waals surface area contributed by atoms with Gasteiger partial charge in [0, 0.05) is 42.0 Å². The highest BCUT2D eigenvalue weighted by atomic mass is 19.4. The highest BCUT2D eigenvalue weighted by Crippen LogP contribution is 2.44. The number of benzene rings is 1. The number of methoxy groups -OCH3 is 1. The Bertz CT molecular complexity index is 1300. The predicted octanol–water partition coefficient (Wildman–Crippen LogP) is 6.98. The third-order valence-corrected chi connectivity index (χ3v) is 5.79. The number of fused-ring (bicyclic) bond motifs is 3. The number of hydrogen-bond acceptors (Lipinski definition) is 5. The van der Waals surface area contributed by atoms with Gasteiger partial charge in [-0.2, -0.15) is 0 Å². The minimum Gasteiger partial charge on any atom is -0.481 e. The number of alkyl halides is 3. The molecule has 9 heteroatoms. The molecule has 6 nitrogen and oxygen atoms in total. The van der Waals surface area contributed by atoms with E-state index in [1.165, 1.54) is 12.1 Å². The van der Waals surface area contributed by atoms with Crippen LogP contribution < -0.4 is 14.4 Å². The van der Waals surface area contributed by atoms with Crippen LogP contribution in [0.25, 0.3) is 16.8 Å². The molecular weight excluding hydrogens is 457 g/mol. The zero-order valence-electron chi connectivity index (χ0n) is 20.0. The number of para-hydroxylation sites is 2. The van der Waals surface area contributed by atoms with Crippen molar-refractivity contribution < 1.29 is 22.6 Å². The first-order chi connectivity index (χ1) is 16.8. The summed E-state index contributed by atoms with van der Waals surface area (Å²) >= 11 is 0. The summed E-state index contributed by atoms with van der Waals surface area (Å²) in [5.74, 6) is 1.18. The van der Waals surface area contributed by atoms with Crippen LogP contribution in [0.5, 0.6) is 11.6 Å². The monoisotopic (exact) mass is 484 g/mol. The molecule has 5 rings (SSSR count). The molecule has 0 saturated carbocycles. The third-order valence-electron chi connectivity index (χ3n) is 5.79. The molecule has 0 bridgehead atoms. The SMILES string of the molecule is CC.COc1ccc(-c2ccc3nc4c(n3c2)N(c2ccccc2OC(F)(F)F)CCC4C)cn1. The molecule has 184 valence electrons. The highest BCUT2D eigenvalue weighted by molar-refractivity contribution is 5.74. The lowest BCUT2D eigenvalue weighted by Crippen LogP contribution is -2.28. The van der Waals surface area contributed by atoms with E-state index >= 15 is 0 Å². The zero-order chi connectivity index (χ0) is 25.2. The van der Waals surface area contributed by atoms with E-state index in [0.717, 1.165) is 34.7 Å². The van der Waals surface area contributed by atoms with Crippen LogP contribution in [0.4, 0.5) is 24.7 Å². The summed E-state index contributed by atoms with van der Waals surface area (Å²) in [6.45, 7) is 6.61. The predicted molar refractivity (Wildman–Crippen MR) is 129 cm³/mol. The summed E-state index contributed by atoms with van der Waals surface area (Å²) in [5, 5.41) is 0. The Morgan fingerprint density at radius 2 is 1.74 bits per heavy atom. The van der Waals surface area contributed by atoms with E-state index < -0.39 is 6.36 Å². The van der Waals surface area contributed by atoms with Crippen molar-refractivity contribution in [2.45, 2.75) is 39.5 Å². The lowest BCUT2D eigenvalue weighted by molar-refractivity contribution is -0.274. The number of pyridine rings is 2. The van der Waals surface area contributed by atoms with Crippen molar-refractivity contribution >= 4 is 17.2 Å². The first-order valence-corrected chi connectivity index (χ1v) is 11.5. The fourth-order valence-corrected chi connectivity index (χ4v) is 4.18. The number of aromatic nitrogens is 3. The first-order valence-electron chi connectivity index (χ1n) is 11.5. The van der Waals surface area contributed by atoms with Gasteiger partial charge in [0.25, 0.3) is 0 Å². The molecule has 0 spiro atoms. The Morgan fingerprint density at radius 3 is 2.43 bits per heavy atom. The number of rotatable bonds is 4. The molecule has 1 aromatic carbocycles. The van der Waals surface area contributed by atoms with Crippen molar-refractivity contribution in [2.75, 3.05) is 18.6 Å². The van der Waals surface area contributed by atoms with Gasteiger partial charge in [0.1, 0.15) is 11.5 Å². The summed E-state index contributed by atoms with van der Waals surface area (Å²) in [4.78, 5) is 10.9. The van der Waals surface area contributed by atoms with Gasteiger partial charge in [-0.25, -0.2) is 9.97 Å². The number of ether oxygens (including phenoxy) is 2. The Balaban J connectivity index is 0.00000141. The summed E-state index contributed by atoms with van der Waals surface area (Å²) in [5.41, 5.74) is 3.69. The van der Waals surface area contributed by atoms with Crippen LogP contribution in [-0.2, 0) is 0 Å². The van der Waals surface area contributed by atoms with E-state index in [9.17, 15) is 13.2 Å². The molecule has 1 aliphatic heterocycles. The van der Waals surface area contributed by atoms with Crippen molar-refractivity contribution in [3.63, 3.8) is 0 Å². The van der Waals surface area contributed by atoms with Crippen LogP contribution in [0.3, 0.4) is 0 Å². The summed E-state index contributed by atoms with van der Waals surface area (Å²) in [6, 6.07) is 13.7. The molecule has 0 amide bonds. The van der Waals surface area contributed by atoms with Crippen LogP contribution in [-0.4, -0.2) is 34.4 Å². The van der Waals surface area contributed by atoms with Gasteiger partial charge < -0.3 is 14.4 Å². The Kier molecular flexibility index (Phi) is 6.86. The molecule has 1 unspecified atom stereocenters. The average Bonchev–Trinajstić information content (AvgIpc) is 3.25. The van der Waals surface area contributed by atoms with Crippen LogP contribution in [0.2, 0.25) is 0 Å². The number of imidazole rings is 1. The van der Waals surface area contributed by atoms with E-state index in [4.69, 9.17) is 9.72 Å². The van der Waals surface area contributed by atoms with Crippen LogP contribution in [0, 0.1) is 0 Å². The van der Waals surface area contributed by atoms with Gasteiger partial charge in [-0.05, 0) is 36.8 Å². The molecule has 1 aliphatic rings. The maximum atomic E-state index is 13.1. The standard InChI is InChI=1S/C24H21F3N4O2.C2H6/c1-15-11-12-30(18-5-3-4-6-19(18)33-24(25,26)27)23-22(15)29-20-9-7-17(14-31(20)23)16-8-10-21(32-2)28-13-16;1-2/h3-10,13-15H,11-12H2,1-2H3;1-2H3. The second-order valence-corrected chi connectivity index (χ2v) is 7.91. The van der Waals surface area contributed by atoms with E-state index in [1.807, 2.05) is 47.5 Å². The van der Waals surface area contributed by atoms with Crippen molar-refractivity contribution in [3.05, 3.63) is 66.6 Å². The zero-order valence-corrected chi connectivity index (χ0v) is 20.0. The normalized spacial score (nSPS) is 15.3. The molecule has 3 aromatic heterocycles. The molecule has 35 heavy (non-hydrogen) atoms. The molecule has 0 aliphatic carbocycles. The summed E-state index contributed by atoms with van der Waals surface area (Å²) < 4.78 is 50.6. The first kappa shape index (κ1) is 24.4. The van der Waals surface area contributed by atoms with Crippen molar-refractivity contribution in [1.29, 1.82) is 0 Å². The molecule has 0 saturated heterocycles. The Morgan fingerprint density at radius 1 is 1.00 bits per heavy atom. The smallest absolute Gasteiger partial charge is 0.481 e. The van der Waals surface area contributed by atoms with E-state index in [1.54, 1.807) is 31.5 Å². The number of halogens is 3. The van der Waals surface area contributed by atoms with Crippen molar-refractivity contribution in [2.24, 2.45) is 0 Å². The molecule has 1 atom stereocenters. The fourth-order valence-electron chi connectivity index (χ4n) is 4.18. The number of anilines is 2. The minimum absolute atomic E-state index is 0.165. The molecule has 4 aromatic rings. The third kappa shape index (κ3) is 4.89. The topological polar surface area (TPSA) is 51.9 Å². The van der Waals surface area contributed by atoms with Gasteiger partial charge in [0.15, 0.2) is 5.75 Å². The number of nitrogens with zero attached hydrogens (tertiary/aromatic N) is 4. The van der Waals surface area contributed by atoms with Crippen LogP contribution in [0.15, 0.2) is 60.9 Å². The molecule has 0 fully saturated rings. The Hall–Kier alpha value is -3.75. The fraction of sp³-hybridized carbons (Fsp3) is 0.308. The maximum Gasteiger partial charge on any atom is 0.573 e. The number of hydrogen-bond donors (Lipinski definition) is 0. The van der Waals surface area contributed by atoms with E-state index in [0.29, 0.717) is 18.1 Å². The average molecular weight is 485 g/mol. The van der Waals surface area contributed by atoms with Crippen LogP contribution in [0.1, 0.15) is 38.8 Å². The van der Waals surface area contributed by atoms with Gasteiger partial charge in [0.2, 0.25) is 5.88 Å². The van der Waals surface area contributed by atoms with Crippen molar-refractivity contribution in [3.8, 4) is 22.8 Å². The quantitative estimate of drug-likeness (QED) is 0.313. The molecular formula is C26H27F3N4O2. The summed E-state index contributed by atoms with van der Waals surface area (Å²) in [7, 11) is 1.56. The van der Waals surface area contributed by atoms with Crippen molar-refractivity contribution in [1.82, 2.24) is 14.4 Å². The second-order valence-electron chi connectivity index (χ2n) is 7.91. The maximum absolute atomic E-state index is 13.1. The van der Waals surface area contributed by atoms with Gasteiger partial charge >= 0.3 is 6.36 Å². The minimum atomic E-state index is -4.78. The van der Waals surface area contributed by atoms with Gasteiger partial charge in [-0.3, -0.25) is 4.40 Å².